The maximum atomic E-state index is 14.9. The highest BCUT2D eigenvalue weighted by molar-refractivity contribution is 8.00. The number of alkyl halides is 3. The summed E-state index contributed by atoms with van der Waals surface area (Å²) in [6.45, 7) is -0.506. The Kier molecular flexibility index (Phi) is 6.28. The Labute approximate surface area is 196 Å². The van der Waals surface area contributed by atoms with E-state index in [2.05, 4.69) is 16.1 Å². The molecule has 3 aliphatic rings. The maximum absolute atomic E-state index is 14.9. The molecule has 188 valence electrons. The largest absolute Gasteiger partial charge is 0.472 e. The molecule has 0 spiro atoms. The number of carbonyl (C=O) groups excluding carboxylic acids is 1. The van der Waals surface area contributed by atoms with Crippen LogP contribution in [-0.4, -0.2) is 61.9 Å². The summed E-state index contributed by atoms with van der Waals surface area (Å²) < 4.78 is 103. The van der Waals surface area contributed by atoms with Crippen LogP contribution in [0.1, 0.15) is 12.8 Å². The van der Waals surface area contributed by atoms with Crippen molar-refractivity contribution in [2.45, 2.75) is 35.1 Å². The number of nitrogens with one attached hydrogen (secondary N) is 3. The van der Waals surface area contributed by atoms with Crippen molar-refractivity contribution in [3.05, 3.63) is 35.4 Å². The van der Waals surface area contributed by atoms with E-state index < -0.39 is 67.8 Å². The van der Waals surface area contributed by atoms with E-state index in [1.54, 1.807) is 0 Å². The van der Waals surface area contributed by atoms with E-state index in [1.165, 1.54) is 16.0 Å². The summed E-state index contributed by atoms with van der Waals surface area (Å²) >= 11 is 0.886. The Balaban J connectivity index is 1.91. The van der Waals surface area contributed by atoms with Crippen LogP contribution < -0.4 is 20.8 Å². The molecule has 1 amide bonds. The van der Waals surface area contributed by atoms with Crippen molar-refractivity contribution in [2.24, 2.45) is 5.92 Å². The first kappa shape index (κ1) is 25.0. The molecular weight excluding hydrogens is 507 g/mol. The lowest BCUT2D eigenvalue weighted by Crippen LogP contribution is -2.77. The number of rotatable bonds is 5. The smallest absolute Gasteiger partial charge is 0.395 e. The molecule has 15 heteroatoms. The minimum Gasteiger partial charge on any atom is -0.472 e. The number of hydrogen-bond donors (Lipinski definition) is 3. The van der Waals surface area contributed by atoms with Crippen LogP contribution in [0.25, 0.3) is 0 Å². The lowest BCUT2D eigenvalue weighted by molar-refractivity contribution is -0.238. The van der Waals surface area contributed by atoms with Gasteiger partial charge in [-0.05, 0) is 31.0 Å². The number of halogens is 5. The number of sulfone groups is 1. The average molecular weight is 529 g/mol. The minimum atomic E-state index is -4.79. The third kappa shape index (κ3) is 3.91. The van der Waals surface area contributed by atoms with Crippen LogP contribution in [0.5, 0.6) is 5.75 Å². The lowest BCUT2D eigenvalue weighted by atomic mass is 9.65. The molecular formula is C19H21F5N4O4S2. The molecule has 2 saturated heterocycles. The Hall–Kier alpha value is -2.10. The predicted molar refractivity (Wildman–Crippen MR) is 112 cm³/mol. The second kappa shape index (κ2) is 8.53. The summed E-state index contributed by atoms with van der Waals surface area (Å²) in [5.74, 6) is -6.59. The number of hydrogen-bond acceptors (Lipinski definition) is 8. The van der Waals surface area contributed by atoms with Crippen LogP contribution in [0.15, 0.2) is 28.6 Å². The highest BCUT2D eigenvalue weighted by atomic mass is 32.2. The molecule has 3 aliphatic heterocycles. The summed E-state index contributed by atoms with van der Waals surface area (Å²) in [5.41, 5.74) is -1.66. The van der Waals surface area contributed by atoms with Gasteiger partial charge in [-0.1, -0.05) is 0 Å². The van der Waals surface area contributed by atoms with Gasteiger partial charge in [0.15, 0.2) is 21.4 Å². The molecule has 1 aromatic carbocycles. The Morgan fingerprint density at radius 3 is 2.47 bits per heavy atom. The van der Waals surface area contributed by atoms with Gasteiger partial charge in [-0.15, -0.1) is 0 Å². The average Bonchev–Trinajstić information content (AvgIpc) is 3.40. The van der Waals surface area contributed by atoms with Gasteiger partial charge < -0.3 is 20.8 Å². The van der Waals surface area contributed by atoms with Gasteiger partial charge in [0.2, 0.25) is 5.60 Å². The van der Waals surface area contributed by atoms with E-state index in [1.807, 2.05) is 0 Å². The van der Waals surface area contributed by atoms with Gasteiger partial charge in [-0.25, -0.2) is 17.2 Å². The second-order valence-electron chi connectivity index (χ2n) is 8.22. The molecule has 0 bridgehead atoms. The summed E-state index contributed by atoms with van der Waals surface area (Å²) in [7, 11) is -4.14. The zero-order valence-corrected chi connectivity index (χ0v) is 19.3. The number of amides is 1. The van der Waals surface area contributed by atoms with Crippen LogP contribution in [0, 0.1) is 17.6 Å². The summed E-state index contributed by atoms with van der Waals surface area (Å²) in [6, 6.07) is 0.834. The lowest BCUT2D eigenvalue weighted by Gasteiger charge is -2.56. The summed E-state index contributed by atoms with van der Waals surface area (Å²) in [4.78, 5) is 12.3. The molecule has 3 atom stereocenters. The van der Waals surface area contributed by atoms with Crippen molar-refractivity contribution < 1.29 is 39.9 Å². The van der Waals surface area contributed by atoms with Crippen LogP contribution in [0.4, 0.5) is 22.0 Å². The second-order valence-corrected chi connectivity index (χ2v) is 11.1. The first-order valence-electron chi connectivity index (χ1n) is 10.1. The van der Waals surface area contributed by atoms with E-state index in [0.29, 0.717) is 18.4 Å². The molecule has 2 unspecified atom stereocenters. The van der Waals surface area contributed by atoms with Crippen LogP contribution in [0.3, 0.4) is 0 Å². The van der Waals surface area contributed by atoms with Gasteiger partial charge in [0.05, 0.1) is 5.92 Å². The molecule has 0 aliphatic carbocycles. The van der Waals surface area contributed by atoms with Gasteiger partial charge in [-0.2, -0.15) is 17.6 Å². The van der Waals surface area contributed by atoms with Crippen molar-refractivity contribution >= 4 is 27.7 Å². The normalized spacial score (nSPS) is 30.3. The van der Waals surface area contributed by atoms with E-state index in [4.69, 9.17) is 4.74 Å². The number of piperidine rings is 1. The number of benzene rings is 1. The van der Waals surface area contributed by atoms with Crippen LogP contribution in [0.2, 0.25) is 0 Å². The van der Waals surface area contributed by atoms with E-state index in [9.17, 15) is 35.2 Å². The number of carbonyl (C=O) groups is 1. The van der Waals surface area contributed by atoms with Gasteiger partial charge >= 0.3 is 6.18 Å². The van der Waals surface area contributed by atoms with Crippen molar-refractivity contribution in [3.8, 4) is 5.75 Å². The Morgan fingerprint density at radius 1 is 1.18 bits per heavy atom. The highest BCUT2D eigenvalue weighted by Gasteiger charge is 2.72. The molecule has 0 saturated carbocycles. The third-order valence-corrected chi connectivity index (χ3v) is 8.30. The highest BCUT2D eigenvalue weighted by Crippen LogP contribution is 2.53. The molecule has 8 nitrogen and oxygen atoms in total. The van der Waals surface area contributed by atoms with Crippen molar-refractivity contribution in [2.75, 3.05) is 25.9 Å². The number of ether oxygens (including phenoxy) is 1. The molecule has 2 fully saturated rings. The quantitative estimate of drug-likeness (QED) is 0.394. The summed E-state index contributed by atoms with van der Waals surface area (Å²) in [6.07, 6.45) is -3.21. The Bertz CT molecular complexity index is 1120. The maximum Gasteiger partial charge on any atom is 0.395 e. The first-order chi connectivity index (χ1) is 15.8. The monoisotopic (exact) mass is 528 g/mol. The van der Waals surface area contributed by atoms with Crippen molar-refractivity contribution in [1.82, 2.24) is 20.5 Å². The fourth-order valence-electron chi connectivity index (χ4n) is 4.84. The van der Waals surface area contributed by atoms with Gasteiger partial charge in [-0.3, -0.25) is 4.79 Å². The zero-order chi connectivity index (χ0) is 24.9. The molecule has 3 N–H and O–H groups in total. The predicted octanol–water partition coefficient (Wildman–Crippen LogP) is 1.86. The standard InChI is InChI=1S/C19H21F5N4O4S2/c1-34(30,31)14-9-11(20)13(8-12(14)21)32-18(3-5-26-16(18)29)17(28-27-6-7-33-28)2-4-25-10-15(17)19(22,23)24/h6-9,15,25,27H,2-5,10H2,1H3,(H,26,29)/t15?,17?,18-/m1/s1. The number of hydrazine groups is 1. The van der Waals surface area contributed by atoms with Gasteiger partial charge in [0.25, 0.3) is 5.91 Å². The van der Waals surface area contributed by atoms with Gasteiger partial charge in [0.1, 0.15) is 16.3 Å². The van der Waals surface area contributed by atoms with Crippen LogP contribution in [-0.2, 0) is 14.6 Å². The molecule has 4 rings (SSSR count). The van der Waals surface area contributed by atoms with Crippen molar-refractivity contribution in [3.63, 3.8) is 0 Å². The SMILES string of the molecule is CS(=O)(=O)c1cc(F)c(O[C@]2(C3(N4NC=CS4)CCNCC3C(F)(F)F)CCNC2=O)cc1F. The van der Waals surface area contributed by atoms with Crippen molar-refractivity contribution in [1.29, 1.82) is 0 Å². The third-order valence-electron chi connectivity index (χ3n) is 6.29. The van der Waals surface area contributed by atoms with Crippen LogP contribution >= 0.6 is 11.9 Å². The molecule has 34 heavy (non-hydrogen) atoms. The number of nitrogens with zero attached hydrogens (tertiary/aromatic N) is 1. The fourth-order valence-corrected chi connectivity index (χ4v) is 6.49. The fraction of sp³-hybridized carbons (Fsp3) is 0.526. The zero-order valence-electron chi connectivity index (χ0n) is 17.7. The van der Waals surface area contributed by atoms with Gasteiger partial charge in [0, 0.05) is 43.4 Å². The molecule has 0 aromatic heterocycles. The summed E-state index contributed by atoms with van der Waals surface area (Å²) in [5, 5.41) is 6.65. The topological polar surface area (TPSA) is 99.8 Å². The van der Waals surface area contributed by atoms with E-state index in [0.717, 1.165) is 11.9 Å². The molecule has 1 aromatic rings. The first-order valence-corrected chi connectivity index (χ1v) is 12.9. The minimum absolute atomic E-state index is 0.0595. The van der Waals surface area contributed by atoms with E-state index >= 15 is 0 Å². The Morgan fingerprint density at radius 2 is 1.91 bits per heavy atom. The molecule has 3 heterocycles. The van der Waals surface area contributed by atoms with E-state index in [-0.39, 0.29) is 25.9 Å². The molecule has 0 radical (unpaired) electrons.